The molecule has 0 heterocycles. The molecule has 0 radical (unpaired) electrons. The van der Waals surface area contributed by atoms with Crippen molar-refractivity contribution in [2.45, 2.75) is 76.5 Å². The highest BCUT2D eigenvalue weighted by Crippen LogP contribution is 2.09. The topological polar surface area (TPSA) is 125 Å². The van der Waals surface area contributed by atoms with Gasteiger partial charge in [0, 0.05) is 6.42 Å². The Labute approximate surface area is 139 Å². The molecule has 0 saturated carbocycles. The number of aliphatic hydroxyl groups is 1. The van der Waals surface area contributed by atoms with Gasteiger partial charge in [0.25, 0.3) is 0 Å². The van der Waals surface area contributed by atoms with Crippen LogP contribution < -0.4 is 16.4 Å². The second-order valence-electron chi connectivity index (χ2n) is 5.84. The van der Waals surface area contributed by atoms with Gasteiger partial charge in [0.05, 0.1) is 6.04 Å². The smallest absolute Gasteiger partial charge is 0.303 e. The maximum absolute atomic E-state index is 10.5. The fourth-order valence-electron chi connectivity index (χ4n) is 2.45. The molecule has 1 amide bonds. The van der Waals surface area contributed by atoms with Crippen molar-refractivity contribution in [2.75, 3.05) is 13.1 Å². The molecule has 23 heavy (non-hydrogen) atoms. The summed E-state index contributed by atoms with van der Waals surface area (Å²) in [5.74, 6) is -0.711. The van der Waals surface area contributed by atoms with Crippen LogP contribution in [0.1, 0.15) is 64.2 Å². The van der Waals surface area contributed by atoms with E-state index < -0.39 is 12.2 Å². The number of hydrogen-bond donors (Lipinski definition) is 5. The van der Waals surface area contributed by atoms with Gasteiger partial charge in [-0.1, -0.05) is 38.5 Å². The highest BCUT2D eigenvalue weighted by Gasteiger charge is 2.16. The molecule has 0 fully saturated rings. The summed E-state index contributed by atoms with van der Waals surface area (Å²) in [6, 6.07) is -0.344. The minimum Gasteiger partial charge on any atom is -0.481 e. The van der Waals surface area contributed by atoms with Crippen LogP contribution in [0.15, 0.2) is 0 Å². The third kappa shape index (κ3) is 14.2. The zero-order valence-electron chi connectivity index (χ0n) is 14.0. The number of carbonyl (C=O) groups excluding carboxylic acids is 1. The maximum atomic E-state index is 10.5. The molecule has 1 unspecified atom stereocenters. The number of carbonyl (C=O) groups is 2. The molecular formula is C16H33N3O4. The van der Waals surface area contributed by atoms with Gasteiger partial charge < -0.3 is 21.3 Å². The van der Waals surface area contributed by atoms with Crippen molar-refractivity contribution >= 4 is 12.4 Å². The molecule has 0 aromatic carbocycles. The normalized spacial score (nSPS) is 13.5. The zero-order valence-corrected chi connectivity index (χ0v) is 14.0. The second-order valence-corrected chi connectivity index (χ2v) is 5.84. The molecule has 7 nitrogen and oxygen atoms in total. The minimum absolute atomic E-state index is 0.276. The van der Waals surface area contributed by atoms with E-state index in [0.717, 1.165) is 51.4 Å². The van der Waals surface area contributed by atoms with E-state index in [2.05, 4.69) is 10.6 Å². The number of nitrogens with two attached hydrogens (primary N) is 1. The van der Waals surface area contributed by atoms with Crippen LogP contribution in [0, 0.1) is 0 Å². The molecule has 0 aliphatic heterocycles. The molecular weight excluding hydrogens is 298 g/mol. The lowest BCUT2D eigenvalue weighted by Crippen LogP contribution is -2.48. The maximum Gasteiger partial charge on any atom is 0.303 e. The van der Waals surface area contributed by atoms with Crippen molar-refractivity contribution < 1.29 is 19.8 Å². The lowest BCUT2D eigenvalue weighted by molar-refractivity contribution is -0.137. The number of unbranched alkanes of at least 4 members (excludes halogenated alkanes) is 7. The van der Waals surface area contributed by atoms with E-state index in [1.54, 1.807) is 0 Å². The predicted molar refractivity (Wildman–Crippen MR) is 89.9 cm³/mol. The molecule has 0 spiro atoms. The van der Waals surface area contributed by atoms with Gasteiger partial charge in [-0.05, 0) is 32.4 Å². The first-order valence-corrected chi connectivity index (χ1v) is 8.64. The first-order valence-electron chi connectivity index (χ1n) is 8.64. The largest absolute Gasteiger partial charge is 0.481 e. The number of nitrogens with one attached hydrogen (secondary N) is 2. The number of rotatable bonds is 17. The fraction of sp³-hybridized carbons (Fsp3) is 0.875. The summed E-state index contributed by atoms with van der Waals surface area (Å²) in [4.78, 5) is 20.8. The van der Waals surface area contributed by atoms with Crippen LogP contribution in [0.3, 0.4) is 0 Å². The molecule has 0 bridgehead atoms. The summed E-state index contributed by atoms with van der Waals surface area (Å²) in [5, 5.41) is 24.0. The van der Waals surface area contributed by atoms with Gasteiger partial charge in [0.2, 0.25) is 6.41 Å². The minimum atomic E-state index is -0.766. The van der Waals surface area contributed by atoms with E-state index in [-0.39, 0.29) is 12.5 Å². The van der Waals surface area contributed by atoms with Gasteiger partial charge in [-0.2, -0.15) is 0 Å². The summed E-state index contributed by atoms with van der Waals surface area (Å²) < 4.78 is 0. The van der Waals surface area contributed by atoms with Gasteiger partial charge in [-0.25, -0.2) is 0 Å². The summed E-state index contributed by atoms with van der Waals surface area (Å²) in [5.41, 5.74) is 5.44. The van der Waals surface area contributed by atoms with Crippen LogP contribution in [0.5, 0.6) is 0 Å². The molecule has 0 aromatic rings. The van der Waals surface area contributed by atoms with Crippen molar-refractivity contribution in [1.82, 2.24) is 10.6 Å². The van der Waals surface area contributed by atoms with Crippen LogP contribution >= 0.6 is 0 Å². The SMILES string of the molecule is NCC[C@H](NC=O)C(O)NCCCCCCCCCCC(=O)O. The van der Waals surface area contributed by atoms with Crippen molar-refractivity contribution in [2.24, 2.45) is 5.73 Å². The van der Waals surface area contributed by atoms with Crippen molar-refractivity contribution in [3.05, 3.63) is 0 Å². The second kappa shape index (κ2) is 15.7. The van der Waals surface area contributed by atoms with E-state index in [1.807, 2.05) is 0 Å². The number of carboxylic acids is 1. The average molecular weight is 331 g/mol. The molecule has 6 N–H and O–H groups in total. The van der Waals surface area contributed by atoms with Gasteiger partial charge in [0.1, 0.15) is 6.23 Å². The Morgan fingerprint density at radius 1 is 1.04 bits per heavy atom. The number of hydrogen-bond acceptors (Lipinski definition) is 5. The Kier molecular flexibility index (Phi) is 14.9. The first-order chi connectivity index (χ1) is 11.1. The Bertz CT molecular complexity index is 303. The quantitative estimate of drug-likeness (QED) is 0.154. The van der Waals surface area contributed by atoms with Crippen molar-refractivity contribution in [3.63, 3.8) is 0 Å². The van der Waals surface area contributed by atoms with E-state index >= 15 is 0 Å². The van der Waals surface area contributed by atoms with Crippen LogP contribution in [-0.2, 0) is 9.59 Å². The van der Waals surface area contributed by atoms with E-state index in [0.29, 0.717) is 25.9 Å². The van der Waals surface area contributed by atoms with Gasteiger partial charge in [-0.3, -0.25) is 14.9 Å². The molecule has 0 aliphatic carbocycles. The molecule has 0 rings (SSSR count). The number of aliphatic hydroxyl groups excluding tert-OH is 1. The zero-order chi connectivity index (χ0) is 17.3. The van der Waals surface area contributed by atoms with Crippen LogP contribution in [0.2, 0.25) is 0 Å². The fourth-order valence-corrected chi connectivity index (χ4v) is 2.45. The van der Waals surface area contributed by atoms with Crippen molar-refractivity contribution in [1.29, 1.82) is 0 Å². The van der Waals surface area contributed by atoms with E-state index in [9.17, 15) is 14.7 Å². The standard InChI is InChI=1S/C16H33N3O4/c17-11-10-14(19-13-20)16(23)18-12-8-6-4-2-1-3-5-7-9-15(21)22/h13-14,16,18,23H,1-12,17H2,(H,19,20)(H,21,22)/t14-,16?/m0/s1. The van der Waals surface area contributed by atoms with Crippen LogP contribution in [0.4, 0.5) is 0 Å². The Balaban J connectivity index is 3.40. The van der Waals surface area contributed by atoms with Gasteiger partial charge in [-0.15, -0.1) is 0 Å². The molecule has 2 atom stereocenters. The molecule has 0 saturated heterocycles. The Morgan fingerprint density at radius 2 is 1.61 bits per heavy atom. The first kappa shape index (κ1) is 21.8. The summed E-state index contributed by atoms with van der Waals surface area (Å²) in [6.07, 6.45) is 9.03. The number of aliphatic carboxylic acids is 1. The molecule has 136 valence electrons. The highest BCUT2D eigenvalue weighted by molar-refractivity contribution is 5.66. The van der Waals surface area contributed by atoms with E-state index in [1.165, 1.54) is 0 Å². The summed E-state index contributed by atoms with van der Waals surface area (Å²) in [7, 11) is 0. The van der Waals surface area contributed by atoms with E-state index in [4.69, 9.17) is 10.8 Å². The predicted octanol–water partition coefficient (Wildman–Crippen LogP) is 0.953. The summed E-state index contributed by atoms with van der Waals surface area (Å²) >= 11 is 0. The van der Waals surface area contributed by atoms with Crippen LogP contribution in [-0.4, -0.2) is 48.0 Å². The lowest BCUT2D eigenvalue weighted by Gasteiger charge is -2.22. The van der Waals surface area contributed by atoms with Gasteiger partial charge in [0.15, 0.2) is 0 Å². The molecule has 0 aromatic heterocycles. The Morgan fingerprint density at radius 3 is 2.13 bits per heavy atom. The third-order valence-electron chi connectivity index (χ3n) is 3.81. The number of carboxylic acid groups (broad SMARTS) is 1. The van der Waals surface area contributed by atoms with Crippen molar-refractivity contribution in [3.8, 4) is 0 Å². The monoisotopic (exact) mass is 331 g/mol. The third-order valence-corrected chi connectivity index (χ3v) is 3.81. The lowest BCUT2D eigenvalue weighted by atomic mass is 10.1. The summed E-state index contributed by atoms with van der Waals surface area (Å²) in [6.45, 7) is 1.12. The Hall–Kier alpha value is -1.18. The molecule has 0 aliphatic rings. The average Bonchev–Trinajstić information content (AvgIpc) is 2.51. The molecule has 7 heteroatoms. The highest BCUT2D eigenvalue weighted by atomic mass is 16.4. The van der Waals surface area contributed by atoms with Gasteiger partial charge >= 0.3 is 5.97 Å². The number of amides is 1. The van der Waals surface area contributed by atoms with Crippen LogP contribution in [0.25, 0.3) is 0 Å².